The van der Waals surface area contributed by atoms with Crippen LogP contribution in [0.15, 0.2) is 22.6 Å². The molecule has 0 bridgehead atoms. The molecule has 0 spiro atoms. The molecule has 1 heterocycles. The third-order valence-corrected chi connectivity index (χ3v) is 3.91. The van der Waals surface area contributed by atoms with E-state index in [1.807, 2.05) is 25.1 Å². The molecule has 1 amide bonds. The highest BCUT2D eigenvalue weighted by Crippen LogP contribution is 2.26. The lowest BCUT2D eigenvalue weighted by molar-refractivity contribution is -0.120. The van der Waals surface area contributed by atoms with E-state index in [9.17, 15) is 4.79 Å². The number of carbonyl (C=O) groups excluding carboxylic acids is 1. The average molecular weight is 310 g/mol. The predicted octanol–water partition coefficient (Wildman–Crippen LogP) is 2.88. The smallest absolute Gasteiger partial charge is 0.229 e. The quantitative estimate of drug-likeness (QED) is 0.913. The van der Waals surface area contributed by atoms with Gasteiger partial charge in [-0.25, -0.2) is 4.98 Å². The predicted molar refractivity (Wildman–Crippen MR) is 84.6 cm³/mol. The van der Waals surface area contributed by atoms with Gasteiger partial charge in [-0.15, -0.1) is 12.4 Å². The molecule has 0 radical (unpaired) electrons. The molecule has 1 fully saturated rings. The van der Waals surface area contributed by atoms with E-state index < -0.39 is 0 Å². The van der Waals surface area contributed by atoms with Crippen LogP contribution in [0.4, 0.5) is 5.69 Å². The molecule has 1 aliphatic rings. The molecular formula is C15H20ClN3O2. The summed E-state index contributed by atoms with van der Waals surface area (Å²) >= 11 is 0. The van der Waals surface area contributed by atoms with Crippen LogP contribution in [0.5, 0.6) is 0 Å². The fraction of sp³-hybridized carbons (Fsp3) is 0.467. The molecule has 1 aromatic heterocycles. The Kier molecular flexibility index (Phi) is 4.85. The summed E-state index contributed by atoms with van der Waals surface area (Å²) in [6.07, 6.45) is 3.59. The number of carbonyl (C=O) groups is 1. The molecule has 0 aliphatic heterocycles. The van der Waals surface area contributed by atoms with E-state index in [1.165, 1.54) is 0 Å². The Labute approximate surface area is 129 Å². The molecule has 6 heteroatoms. The van der Waals surface area contributed by atoms with Gasteiger partial charge < -0.3 is 15.5 Å². The van der Waals surface area contributed by atoms with Crippen LogP contribution in [0.25, 0.3) is 11.1 Å². The van der Waals surface area contributed by atoms with Gasteiger partial charge in [0.2, 0.25) is 5.91 Å². The number of rotatable bonds is 3. The third kappa shape index (κ3) is 3.19. The zero-order valence-corrected chi connectivity index (χ0v) is 12.8. The van der Waals surface area contributed by atoms with Crippen LogP contribution >= 0.6 is 12.4 Å². The Bertz CT molecular complexity index is 641. The van der Waals surface area contributed by atoms with Crippen molar-refractivity contribution in [3.05, 3.63) is 24.1 Å². The Morgan fingerprint density at radius 3 is 2.95 bits per heavy atom. The van der Waals surface area contributed by atoms with Crippen LogP contribution in [0.2, 0.25) is 0 Å². The van der Waals surface area contributed by atoms with Crippen LogP contribution in [-0.2, 0) is 11.2 Å². The molecule has 1 aliphatic carbocycles. The maximum absolute atomic E-state index is 12.2. The van der Waals surface area contributed by atoms with Gasteiger partial charge in [-0.1, -0.05) is 13.3 Å². The molecule has 1 aromatic carbocycles. The monoisotopic (exact) mass is 309 g/mol. The highest BCUT2D eigenvalue weighted by Gasteiger charge is 2.30. The van der Waals surface area contributed by atoms with Crippen LogP contribution in [0.3, 0.4) is 0 Å². The Morgan fingerprint density at radius 2 is 2.29 bits per heavy atom. The van der Waals surface area contributed by atoms with Crippen molar-refractivity contribution in [3.63, 3.8) is 0 Å². The molecule has 21 heavy (non-hydrogen) atoms. The number of halogens is 1. The summed E-state index contributed by atoms with van der Waals surface area (Å²) in [6.45, 7) is 1.99. The highest BCUT2D eigenvalue weighted by molar-refractivity contribution is 5.94. The number of nitrogens with two attached hydrogens (primary N) is 1. The first kappa shape index (κ1) is 15.8. The van der Waals surface area contributed by atoms with Crippen LogP contribution < -0.4 is 11.1 Å². The number of anilines is 1. The molecule has 3 rings (SSSR count). The number of amides is 1. The first-order valence-corrected chi connectivity index (χ1v) is 7.13. The second kappa shape index (κ2) is 6.45. The van der Waals surface area contributed by atoms with E-state index >= 15 is 0 Å². The van der Waals surface area contributed by atoms with Crippen molar-refractivity contribution in [3.8, 4) is 0 Å². The Hall–Kier alpha value is -1.59. The Morgan fingerprint density at radius 1 is 1.48 bits per heavy atom. The number of nitrogens with zero attached hydrogens (tertiary/aromatic N) is 1. The second-order valence-electron chi connectivity index (χ2n) is 5.33. The summed E-state index contributed by atoms with van der Waals surface area (Å²) in [5.41, 5.74) is 8.23. The summed E-state index contributed by atoms with van der Waals surface area (Å²) in [5, 5.41) is 2.93. The number of aromatic nitrogens is 1. The van der Waals surface area contributed by atoms with E-state index in [1.54, 1.807) is 0 Å². The third-order valence-electron chi connectivity index (χ3n) is 3.91. The van der Waals surface area contributed by atoms with Gasteiger partial charge in [0.05, 0.1) is 5.92 Å². The largest absolute Gasteiger partial charge is 0.441 e. The van der Waals surface area contributed by atoms with E-state index in [-0.39, 0.29) is 30.3 Å². The van der Waals surface area contributed by atoms with Gasteiger partial charge in [-0.3, -0.25) is 4.79 Å². The minimum atomic E-state index is -0.0748. The standard InChI is InChI=1S/C15H19N3O2.ClH/c1-2-14-18-12-8-9(6-7-13(12)20-14)17-15(19)10-4-3-5-11(10)16;/h6-8,10-11H,2-5,16H2,1H3,(H,17,19);1H. The van der Waals surface area contributed by atoms with Crippen molar-refractivity contribution >= 4 is 35.1 Å². The normalized spacial score (nSPS) is 21.2. The van der Waals surface area contributed by atoms with Gasteiger partial charge in [0.1, 0.15) is 5.52 Å². The zero-order chi connectivity index (χ0) is 14.1. The van der Waals surface area contributed by atoms with E-state index in [0.29, 0.717) is 5.89 Å². The summed E-state index contributed by atoms with van der Waals surface area (Å²) in [4.78, 5) is 16.6. The fourth-order valence-electron chi connectivity index (χ4n) is 2.75. The van der Waals surface area contributed by atoms with Crippen molar-refractivity contribution in [1.82, 2.24) is 4.98 Å². The lowest BCUT2D eigenvalue weighted by Crippen LogP contribution is -2.34. The van der Waals surface area contributed by atoms with Gasteiger partial charge in [0.15, 0.2) is 11.5 Å². The number of oxazole rings is 1. The molecule has 1 saturated carbocycles. The van der Waals surface area contributed by atoms with Gasteiger partial charge in [0.25, 0.3) is 0 Å². The molecule has 2 aromatic rings. The van der Waals surface area contributed by atoms with Crippen LogP contribution in [0, 0.1) is 5.92 Å². The molecule has 5 nitrogen and oxygen atoms in total. The van der Waals surface area contributed by atoms with Crippen molar-refractivity contribution < 1.29 is 9.21 Å². The second-order valence-corrected chi connectivity index (χ2v) is 5.33. The van der Waals surface area contributed by atoms with Crippen molar-refractivity contribution in [2.75, 3.05) is 5.32 Å². The maximum atomic E-state index is 12.2. The maximum Gasteiger partial charge on any atom is 0.229 e. The zero-order valence-electron chi connectivity index (χ0n) is 12.0. The molecule has 2 atom stereocenters. The topological polar surface area (TPSA) is 81.2 Å². The minimum Gasteiger partial charge on any atom is -0.441 e. The van der Waals surface area contributed by atoms with Gasteiger partial charge in [-0.05, 0) is 31.0 Å². The number of hydrogen-bond acceptors (Lipinski definition) is 4. The molecule has 3 N–H and O–H groups in total. The molecule has 0 saturated heterocycles. The lowest BCUT2D eigenvalue weighted by atomic mass is 10.0. The van der Waals surface area contributed by atoms with Gasteiger partial charge in [0, 0.05) is 18.2 Å². The number of fused-ring (bicyclic) bond motifs is 1. The lowest BCUT2D eigenvalue weighted by Gasteiger charge is -2.14. The first-order valence-electron chi connectivity index (χ1n) is 7.13. The SMILES string of the molecule is CCc1nc2cc(NC(=O)C3CCCC3N)ccc2o1.Cl. The summed E-state index contributed by atoms with van der Waals surface area (Å²) in [7, 11) is 0. The molecule has 2 unspecified atom stereocenters. The van der Waals surface area contributed by atoms with Crippen molar-refractivity contribution in [2.45, 2.75) is 38.6 Å². The number of nitrogens with one attached hydrogen (secondary N) is 1. The summed E-state index contributed by atoms with van der Waals surface area (Å²) < 4.78 is 5.55. The van der Waals surface area contributed by atoms with E-state index in [4.69, 9.17) is 10.2 Å². The van der Waals surface area contributed by atoms with Crippen LogP contribution in [-0.4, -0.2) is 16.9 Å². The van der Waals surface area contributed by atoms with Crippen molar-refractivity contribution in [2.24, 2.45) is 11.7 Å². The first-order chi connectivity index (χ1) is 9.67. The van der Waals surface area contributed by atoms with Crippen LogP contribution in [0.1, 0.15) is 32.1 Å². The van der Waals surface area contributed by atoms with E-state index in [2.05, 4.69) is 10.3 Å². The number of benzene rings is 1. The summed E-state index contributed by atoms with van der Waals surface area (Å²) in [6, 6.07) is 5.50. The van der Waals surface area contributed by atoms with Crippen molar-refractivity contribution in [1.29, 1.82) is 0 Å². The van der Waals surface area contributed by atoms with E-state index in [0.717, 1.165) is 42.5 Å². The van der Waals surface area contributed by atoms with Gasteiger partial charge in [-0.2, -0.15) is 0 Å². The average Bonchev–Trinajstić information content (AvgIpc) is 3.03. The highest BCUT2D eigenvalue weighted by atomic mass is 35.5. The number of hydrogen-bond donors (Lipinski definition) is 2. The molecule has 114 valence electrons. The van der Waals surface area contributed by atoms with Gasteiger partial charge >= 0.3 is 0 Å². The summed E-state index contributed by atoms with van der Waals surface area (Å²) in [5.74, 6) is 0.643. The fourth-order valence-corrected chi connectivity index (χ4v) is 2.75. The Balaban J connectivity index is 0.00000161. The molecular weight excluding hydrogens is 290 g/mol. The number of aryl methyl sites for hydroxylation is 1. The minimum absolute atomic E-state index is 0.